The van der Waals surface area contributed by atoms with Crippen molar-refractivity contribution in [3.8, 4) is 22.5 Å². The Labute approximate surface area is 160 Å². The van der Waals surface area contributed by atoms with Gasteiger partial charge in [0.1, 0.15) is 6.10 Å². The third kappa shape index (κ3) is 3.21. The largest absolute Gasteiger partial charge is 0.439 e. The van der Waals surface area contributed by atoms with Crippen LogP contribution in [-0.4, -0.2) is 41.2 Å². The van der Waals surface area contributed by atoms with Crippen LogP contribution in [-0.2, 0) is 14.8 Å². The number of tetrazole rings is 1. The highest BCUT2D eigenvalue weighted by Gasteiger charge is 2.31. The Morgan fingerprint density at radius 1 is 1.14 bits per heavy atom. The van der Waals surface area contributed by atoms with Gasteiger partial charge in [-0.3, -0.25) is 0 Å². The van der Waals surface area contributed by atoms with Crippen LogP contribution in [0.15, 0.2) is 47.4 Å². The highest BCUT2D eigenvalue weighted by molar-refractivity contribution is 7.89. The van der Waals surface area contributed by atoms with Gasteiger partial charge in [0.05, 0.1) is 16.5 Å². The zero-order valence-electron chi connectivity index (χ0n) is 14.7. The van der Waals surface area contributed by atoms with E-state index in [-0.39, 0.29) is 22.3 Å². The molecule has 144 valence electrons. The number of benzene rings is 2. The van der Waals surface area contributed by atoms with Crippen LogP contribution in [0.3, 0.4) is 0 Å². The number of nitrogens with one attached hydrogen (secondary N) is 2. The summed E-state index contributed by atoms with van der Waals surface area (Å²) in [6, 6.07) is 11.8. The van der Waals surface area contributed by atoms with Crippen molar-refractivity contribution in [3.63, 3.8) is 0 Å². The Bertz CT molecular complexity index is 1130. The topological polar surface area (TPSA) is 153 Å². The first-order valence-corrected chi connectivity index (χ1v) is 9.86. The maximum atomic E-state index is 12.1. The van der Waals surface area contributed by atoms with Crippen LogP contribution in [0, 0.1) is 0 Å². The minimum absolute atomic E-state index is 0.0991. The molecule has 4 N–H and O–H groups in total. The number of nitrogens with zero attached hydrogens (tertiary/aromatic N) is 3. The first kappa shape index (κ1) is 18.1. The fraction of sp³-hybridized carbons (Fsp3) is 0.176. The number of alkyl carbamates (subject to hydrolysis) is 1. The van der Waals surface area contributed by atoms with Gasteiger partial charge >= 0.3 is 6.09 Å². The molecular weight excluding hydrogens is 384 g/mol. The number of amides is 1. The fourth-order valence-corrected chi connectivity index (χ4v) is 3.98. The minimum atomic E-state index is -4.01. The lowest BCUT2D eigenvalue weighted by Crippen LogP contribution is -2.23. The van der Waals surface area contributed by atoms with E-state index in [0.717, 1.165) is 11.1 Å². The van der Waals surface area contributed by atoms with Crippen molar-refractivity contribution >= 4 is 16.1 Å². The number of nitrogens with two attached hydrogens (primary N) is 1. The zero-order chi connectivity index (χ0) is 19.9. The highest BCUT2D eigenvalue weighted by atomic mass is 32.2. The molecule has 10 nitrogen and oxygen atoms in total. The second-order valence-corrected chi connectivity index (χ2v) is 7.87. The van der Waals surface area contributed by atoms with Crippen molar-refractivity contribution in [3.05, 3.63) is 48.0 Å². The molecule has 0 radical (unpaired) electrons. The molecule has 0 bridgehead atoms. The molecular formula is C17H16N6O4S. The Kier molecular flexibility index (Phi) is 4.32. The van der Waals surface area contributed by atoms with E-state index < -0.39 is 22.2 Å². The van der Waals surface area contributed by atoms with Crippen LogP contribution in [0.4, 0.5) is 4.79 Å². The summed E-state index contributed by atoms with van der Waals surface area (Å²) < 4.78 is 29.4. The summed E-state index contributed by atoms with van der Waals surface area (Å²) in [5.74, 6) is 0.117. The summed E-state index contributed by atoms with van der Waals surface area (Å²) >= 11 is 0. The highest BCUT2D eigenvalue weighted by Crippen LogP contribution is 2.36. The third-order valence-electron chi connectivity index (χ3n) is 4.49. The molecule has 11 heteroatoms. The summed E-state index contributed by atoms with van der Waals surface area (Å²) in [5.41, 5.74) is 2.38. The first-order chi connectivity index (χ1) is 13.3. The van der Waals surface area contributed by atoms with Crippen LogP contribution >= 0.6 is 0 Å². The van der Waals surface area contributed by atoms with Gasteiger partial charge in [0.15, 0.2) is 0 Å². The predicted octanol–water partition coefficient (Wildman–Crippen LogP) is 1.35. The van der Waals surface area contributed by atoms with Crippen LogP contribution < -0.4 is 10.5 Å². The molecule has 1 saturated heterocycles. The lowest BCUT2D eigenvalue weighted by Gasteiger charge is -2.15. The third-order valence-corrected chi connectivity index (χ3v) is 5.44. The summed E-state index contributed by atoms with van der Waals surface area (Å²) in [7, 11) is -4.01. The molecule has 0 unspecified atom stereocenters. The maximum absolute atomic E-state index is 12.1. The number of ether oxygens (including phenoxy) is 1. The quantitative estimate of drug-likeness (QED) is 0.597. The SMILES string of the molecule is C[C@H]1NC(=O)O[C@H]1c1ccc(-c2cccc(S(N)(=O)=O)c2-c2nn[nH]n2)cc1. The van der Waals surface area contributed by atoms with Crippen molar-refractivity contribution in [1.29, 1.82) is 0 Å². The molecule has 1 fully saturated rings. The Balaban J connectivity index is 1.81. The van der Waals surface area contributed by atoms with Gasteiger partial charge in [-0.25, -0.2) is 18.4 Å². The molecule has 2 aromatic carbocycles. The molecule has 2 heterocycles. The second kappa shape index (κ2) is 6.69. The van der Waals surface area contributed by atoms with Crippen LogP contribution in [0.2, 0.25) is 0 Å². The maximum Gasteiger partial charge on any atom is 0.408 e. The van der Waals surface area contributed by atoms with Crippen LogP contribution in [0.5, 0.6) is 0 Å². The molecule has 0 saturated carbocycles. The van der Waals surface area contributed by atoms with Crippen LogP contribution in [0.25, 0.3) is 22.5 Å². The van der Waals surface area contributed by atoms with E-state index >= 15 is 0 Å². The molecule has 1 aliphatic rings. The number of hydrogen-bond donors (Lipinski definition) is 3. The number of H-pyrrole nitrogens is 1. The Morgan fingerprint density at radius 3 is 2.46 bits per heavy atom. The summed E-state index contributed by atoms with van der Waals surface area (Å²) in [6.07, 6.45) is -0.851. The smallest absolute Gasteiger partial charge is 0.408 e. The van der Waals surface area contributed by atoms with Gasteiger partial charge in [0, 0.05) is 0 Å². The van der Waals surface area contributed by atoms with Crippen molar-refractivity contribution in [2.45, 2.75) is 24.0 Å². The number of cyclic esters (lactones) is 1. The lowest BCUT2D eigenvalue weighted by molar-refractivity contribution is 0.134. The number of aromatic nitrogens is 4. The van der Waals surface area contributed by atoms with E-state index in [2.05, 4.69) is 25.9 Å². The number of aromatic amines is 1. The van der Waals surface area contributed by atoms with Gasteiger partial charge in [-0.05, 0) is 34.9 Å². The molecule has 4 rings (SSSR count). The van der Waals surface area contributed by atoms with Gasteiger partial charge in [-0.2, -0.15) is 5.21 Å². The number of rotatable bonds is 4. The van der Waals surface area contributed by atoms with Crippen molar-refractivity contribution < 1.29 is 17.9 Å². The number of sulfonamides is 1. The van der Waals surface area contributed by atoms with E-state index in [1.165, 1.54) is 6.07 Å². The van der Waals surface area contributed by atoms with Gasteiger partial charge < -0.3 is 10.1 Å². The molecule has 0 aliphatic carbocycles. The van der Waals surface area contributed by atoms with Crippen molar-refractivity contribution in [1.82, 2.24) is 25.9 Å². The van der Waals surface area contributed by atoms with E-state index in [1.54, 1.807) is 24.3 Å². The van der Waals surface area contributed by atoms with E-state index in [0.29, 0.717) is 5.56 Å². The first-order valence-electron chi connectivity index (χ1n) is 8.31. The molecule has 1 aromatic heterocycles. The average molecular weight is 400 g/mol. The van der Waals surface area contributed by atoms with Gasteiger partial charge in [0.2, 0.25) is 15.8 Å². The number of carbonyl (C=O) groups excluding carboxylic acids is 1. The average Bonchev–Trinajstić information content (AvgIpc) is 3.30. The molecule has 1 amide bonds. The van der Waals surface area contributed by atoms with Gasteiger partial charge in [0.25, 0.3) is 0 Å². The molecule has 2 atom stereocenters. The fourth-order valence-electron chi connectivity index (χ4n) is 3.23. The molecule has 3 aromatic rings. The summed E-state index contributed by atoms with van der Waals surface area (Å²) in [5, 5.41) is 21.7. The summed E-state index contributed by atoms with van der Waals surface area (Å²) in [4.78, 5) is 11.3. The number of primary sulfonamides is 1. The Morgan fingerprint density at radius 2 is 1.89 bits per heavy atom. The lowest BCUT2D eigenvalue weighted by atomic mass is 9.96. The molecule has 1 aliphatic heterocycles. The van der Waals surface area contributed by atoms with E-state index in [9.17, 15) is 13.2 Å². The van der Waals surface area contributed by atoms with Gasteiger partial charge in [-0.1, -0.05) is 36.4 Å². The molecule has 0 spiro atoms. The standard InChI is InChI=1S/C17H16N6O4S/c1-9-15(27-17(24)19-9)11-7-5-10(6-8-11)12-3-2-4-13(28(18,25)26)14(12)16-20-22-23-21-16/h2-9,15H,1H3,(H,19,24)(H2,18,25,26)(H,20,21,22,23)/t9-,15-/m1/s1. The van der Waals surface area contributed by atoms with E-state index in [1.807, 2.05) is 19.1 Å². The minimum Gasteiger partial charge on any atom is -0.439 e. The number of hydrogen-bond acceptors (Lipinski definition) is 7. The van der Waals surface area contributed by atoms with Crippen LogP contribution in [0.1, 0.15) is 18.6 Å². The molecule has 28 heavy (non-hydrogen) atoms. The normalized spacial score (nSPS) is 19.3. The predicted molar refractivity (Wildman–Crippen MR) is 98.2 cm³/mol. The zero-order valence-corrected chi connectivity index (χ0v) is 15.5. The second-order valence-electron chi connectivity index (χ2n) is 6.34. The van der Waals surface area contributed by atoms with Gasteiger partial charge in [-0.15, -0.1) is 10.2 Å². The number of carbonyl (C=O) groups is 1. The summed E-state index contributed by atoms with van der Waals surface area (Å²) in [6.45, 7) is 1.85. The van der Waals surface area contributed by atoms with Crippen molar-refractivity contribution in [2.75, 3.05) is 0 Å². The monoisotopic (exact) mass is 400 g/mol. The van der Waals surface area contributed by atoms with Crippen molar-refractivity contribution in [2.24, 2.45) is 5.14 Å². The van der Waals surface area contributed by atoms with E-state index in [4.69, 9.17) is 9.88 Å². The Hall–Kier alpha value is -3.31.